The van der Waals surface area contributed by atoms with Crippen LogP contribution in [0.1, 0.15) is 42.5 Å². The Hall–Kier alpha value is -2.10. The SMILES string of the molecule is CN(C(=O)c1cc(=O)[nH]c2ccccc12)C1CCCCC1. The van der Waals surface area contributed by atoms with Gasteiger partial charge in [0, 0.05) is 30.1 Å². The van der Waals surface area contributed by atoms with Crippen molar-refractivity contribution < 1.29 is 4.79 Å². The third-order valence-corrected chi connectivity index (χ3v) is 4.42. The Morgan fingerprint density at radius 1 is 1.19 bits per heavy atom. The van der Waals surface area contributed by atoms with Gasteiger partial charge in [0.1, 0.15) is 0 Å². The standard InChI is InChI=1S/C17H20N2O2/c1-19(12-7-3-2-4-8-12)17(21)14-11-16(20)18-15-10-6-5-9-13(14)15/h5-6,9-12H,2-4,7-8H2,1H3,(H,18,20). The second-order valence-corrected chi connectivity index (χ2v) is 5.80. The number of H-pyrrole nitrogens is 1. The molecule has 110 valence electrons. The van der Waals surface area contributed by atoms with Gasteiger partial charge in [-0.05, 0) is 18.9 Å². The Morgan fingerprint density at radius 3 is 2.67 bits per heavy atom. The molecule has 3 rings (SSSR count). The van der Waals surface area contributed by atoms with Crippen molar-refractivity contribution in [3.8, 4) is 0 Å². The summed E-state index contributed by atoms with van der Waals surface area (Å²) in [5, 5.41) is 0.810. The number of amides is 1. The fourth-order valence-electron chi connectivity index (χ4n) is 3.21. The zero-order valence-corrected chi connectivity index (χ0v) is 12.3. The van der Waals surface area contributed by atoms with Crippen molar-refractivity contribution in [2.24, 2.45) is 0 Å². The molecule has 21 heavy (non-hydrogen) atoms. The van der Waals surface area contributed by atoms with Crippen molar-refractivity contribution in [3.63, 3.8) is 0 Å². The normalized spacial score (nSPS) is 16.0. The van der Waals surface area contributed by atoms with Crippen LogP contribution >= 0.6 is 0 Å². The van der Waals surface area contributed by atoms with Crippen LogP contribution in [0.4, 0.5) is 0 Å². The summed E-state index contributed by atoms with van der Waals surface area (Å²) in [6.45, 7) is 0. The molecule has 0 saturated heterocycles. The lowest BCUT2D eigenvalue weighted by atomic mass is 9.94. The highest BCUT2D eigenvalue weighted by molar-refractivity contribution is 6.05. The first-order chi connectivity index (χ1) is 10.2. The highest BCUT2D eigenvalue weighted by atomic mass is 16.2. The van der Waals surface area contributed by atoms with Crippen molar-refractivity contribution in [2.45, 2.75) is 38.1 Å². The minimum Gasteiger partial charge on any atom is -0.339 e. The maximum Gasteiger partial charge on any atom is 0.254 e. The predicted molar refractivity (Wildman–Crippen MR) is 83.5 cm³/mol. The summed E-state index contributed by atoms with van der Waals surface area (Å²) in [6, 6.07) is 9.17. The van der Waals surface area contributed by atoms with Crippen LogP contribution in [-0.2, 0) is 0 Å². The molecule has 0 radical (unpaired) electrons. The van der Waals surface area contributed by atoms with Crippen LogP contribution < -0.4 is 5.56 Å². The van der Waals surface area contributed by atoms with Gasteiger partial charge in [0.05, 0.1) is 5.56 Å². The minimum atomic E-state index is -0.228. The molecule has 1 amide bonds. The lowest BCUT2D eigenvalue weighted by Crippen LogP contribution is -2.38. The van der Waals surface area contributed by atoms with Crippen molar-refractivity contribution in [1.29, 1.82) is 0 Å². The number of nitrogens with zero attached hydrogens (tertiary/aromatic N) is 1. The average Bonchev–Trinajstić information content (AvgIpc) is 2.53. The van der Waals surface area contributed by atoms with Crippen molar-refractivity contribution in [2.75, 3.05) is 7.05 Å². The molecule has 1 aromatic heterocycles. The summed E-state index contributed by atoms with van der Waals surface area (Å²) in [5.41, 5.74) is 0.988. The van der Waals surface area contributed by atoms with E-state index in [0.717, 1.165) is 18.2 Å². The fourth-order valence-corrected chi connectivity index (χ4v) is 3.21. The van der Waals surface area contributed by atoms with Crippen molar-refractivity contribution in [1.82, 2.24) is 9.88 Å². The first kappa shape index (κ1) is 13.9. The molecule has 4 nitrogen and oxygen atoms in total. The lowest BCUT2D eigenvalue weighted by molar-refractivity contribution is 0.0698. The molecule has 2 aromatic rings. The summed E-state index contributed by atoms with van der Waals surface area (Å²) >= 11 is 0. The second kappa shape index (κ2) is 5.72. The molecule has 1 aromatic carbocycles. The summed E-state index contributed by atoms with van der Waals surface area (Å²) in [7, 11) is 1.86. The van der Waals surface area contributed by atoms with Crippen LogP contribution in [0.15, 0.2) is 35.1 Å². The molecule has 1 aliphatic rings. The molecular weight excluding hydrogens is 264 g/mol. The van der Waals surface area contributed by atoms with E-state index in [4.69, 9.17) is 0 Å². The van der Waals surface area contributed by atoms with Gasteiger partial charge in [-0.2, -0.15) is 0 Å². The summed E-state index contributed by atoms with van der Waals surface area (Å²) in [5.74, 6) is -0.0517. The van der Waals surface area contributed by atoms with Crippen LogP contribution in [-0.4, -0.2) is 28.9 Å². The smallest absolute Gasteiger partial charge is 0.254 e. The number of carbonyl (C=O) groups excluding carboxylic acids is 1. The minimum absolute atomic E-state index is 0.0517. The molecule has 1 aliphatic carbocycles. The van der Waals surface area contributed by atoms with Gasteiger partial charge in [0.15, 0.2) is 0 Å². The first-order valence-corrected chi connectivity index (χ1v) is 7.56. The maximum absolute atomic E-state index is 12.8. The Kier molecular flexibility index (Phi) is 3.78. The van der Waals surface area contributed by atoms with Crippen LogP contribution in [0, 0.1) is 0 Å². The van der Waals surface area contributed by atoms with Crippen LogP contribution in [0.2, 0.25) is 0 Å². The number of benzene rings is 1. The number of aromatic nitrogens is 1. The van der Waals surface area contributed by atoms with Gasteiger partial charge in [0.2, 0.25) is 5.56 Å². The third kappa shape index (κ3) is 2.71. The fraction of sp³-hybridized carbons (Fsp3) is 0.412. The Morgan fingerprint density at radius 2 is 1.90 bits per heavy atom. The van der Waals surface area contributed by atoms with Gasteiger partial charge in [-0.15, -0.1) is 0 Å². The van der Waals surface area contributed by atoms with E-state index in [2.05, 4.69) is 4.98 Å². The van der Waals surface area contributed by atoms with E-state index >= 15 is 0 Å². The molecule has 0 unspecified atom stereocenters. The maximum atomic E-state index is 12.8. The average molecular weight is 284 g/mol. The molecule has 1 saturated carbocycles. The number of carbonyl (C=O) groups is 1. The zero-order chi connectivity index (χ0) is 14.8. The third-order valence-electron chi connectivity index (χ3n) is 4.42. The van der Waals surface area contributed by atoms with Gasteiger partial charge in [-0.25, -0.2) is 0 Å². The zero-order valence-electron chi connectivity index (χ0n) is 12.3. The molecule has 0 atom stereocenters. The molecule has 0 bridgehead atoms. The first-order valence-electron chi connectivity index (χ1n) is 7.56. The van der Waals surface area contributed by atoms with Crippen LogP contribution in [0.25, 0.3) is 10.9 Å². The molecule has 0 aliphatic heterocycles. The van der Waals surface area contributed by atoms with E-state index in [9.17, 15) is 9.59 Å². The predicted octanol–water partition coefficient (Wildman–Crippen LogP) is 2.93. The van der Waals surface area contributed by atoms with Crippen LogP contribution in [0.5, 0.6) is 0 Å². The number of hydrogen-bond acceptors (Lipinski definition) is 2. The van der Waals surface area contributed by atoms with E-state index in [1.165, 1.54) is 25.3 Å². The van der Waals surface area contributed by atoms with E-state index in [-0.39, 0.29) is 11.5 Å². The number of pyridine rings is 1. The number of hydrogen-bond donors (Lipinski definition) is 1. The quantitative estimate of drug-likeness (QED) is 0.922. The molecular formula is C17H20N2O2. The van der Waals surface area contributed by atoms with E-state index in [1.807, 2.05) is 36.2 Å². The number of aromatic amines is 1. The van der Waals surface area contributed by atoms with Gasteiger partial charge in [-0.3, -0.25) is 9.59 Å². The molecule has 1 heterocycles. The monoisotopic (exact) mass is 284 g/mol. The Bertz CT molecular complexity index is 714. The molecule has 0 spiro atoms. The summed E-state index contributed by atoms with van der Waals surface area (Å²) in [6.07, 6.45) is 5.73. The van der Waals surface area contributed by atoms with Crippen molar-refractivity contribution in [3.05, 3.63) is 46.2 Å². The van der Waals surface area contributed by atoms with Crippen molar-refractivity contribution >= 4 is 16.8 Å². The largest absolute Gasteiger partial charge is 0.339 e. The molecule has 4 heteroatoms. The van der Waals surface area contributed by atoms with Gasteiger partial charge >= 0.3 is 0 Å². The lowest BCUT2D eigenvalue weighted by Gasteiger charge is -2.31. The Balaban J connectivity index is 1.99. The number of rotatable bonds is 2. The topological polar surface area (TPSA) is 53.2 Å². The van der Waals surface area contributed by atoms with Gasteiger partial charge < -0.3 is 9.88 Å². The second-order valence-electron chi connectivity index (χ2n) is 5.80. The number of para-hydroxylation sites is 1. The summed E-state index contributed by atoms with van der Waals surface area (Å²) in [4.78, 5) is 29.2. The van der Waals surface area contributed by atoms with E-state index in [1.54, 1.807) is 0 Å². The van der Waals surface area contributed by atoms with E-state index in [0.29, 0.717) is 17.1 Å². The van der Waals surface area contributed by atoms with E-state index < -0.39 is 0 Å². The molecule has 1 fully saturated rings. The number of nitrogens with one attached hydrogen (secondary N) is 1. The highest BCUT2D eigenvalue weighted by Crippen LogP contribution is 2.24. The molecule has 1 N–H and O–H groups in total. The summed E-state index contributed by atoms with van der Waals surface area (Å²) < 4.78 is 0. The van der Waals surface area contributed by atoms with Gasteiger partial charge in [-0.1, -0.05) is 37.5 Å². The highest BCUT2D eigenvalue weighted by Gasteiger charge is 2.24. The van der Waals surface area contributed by atoms with Gasteiger partial charge in [0.25, 0.3) is 5.91 Å². The Labute approximate surface area is 123 Å². The van der Waals surface area contributed by atoms with Crippen LogP contribution in [0.3, 0.4) is 0 Å². The number of fused-ring (bicyclic) bond motifs is 1.